The number of hydrogen-bond donors (Lipinski definition) is 5. The molecule has 5 N–H and O–H groups in total. The predicted octanol–water partition coefficient (Wildman–Crippen LogP) is 3.82. The van der Waals surface area contributed by atoms with Crippen molar-refractivity contribution in [1.29, 1.82) is 0 Å². The molecule has 32 heavy (non-hydrogen) atoms. The Morgan fingerprint density at radius 3 is 1.78 bits per heavy atom. The number of hydrogen-bond acceptors (Lipinski definition) is 6. The van der Waals surface area contributed by atoms with Crippen LogP contribution in [0, 0.1) is 17.8 Å². The molecule has 192 valence electrons. The molecule has 6 nitrogen and oxygen atoms in total. The normalized spacial score (nSPS) is 18.4. The van der Waals surface area contributed by atoms with Gasteiger partial charge in [0.05, 0.1) is 19.8 Å². The molecule has 0 aromatic rings. The summed E-state index contributed by atoms with van der Waals surface area (Å²) in [6.07, 6.45) is 7.38. The predicted molar refractivity (Wildman–Crippen MR) is 130 cm³/mol. The molecule has 6 heteroatoms. The topological polar surface area (TPSA) is 110 Å². The van der Waals surface area contributed by atoms with E-state index in [0.717, 1.165) is 30.6 Å². The minimum Gasteiger partial charge on any atom is -0.394 e. The van der Waals surface area contributed by atoms with Crippen molar-refractivity contribution >= 4 is 0 Å². The van der Waals surface area contributed by atoms with Crippen LogP contribution in [-0.4, -0.2) is 69.8 Å². The first-order valence-corrected chi connectivity index (χ1v) is 12.6. The molecule has 2 unspecified atom stereocenters. The number of aliphatic hydroxyl groups is 5. The monoisotopic (exact) mass is 460 g/mol. The second-order valence-electron chi connectivity index (χ2n) is 10.2. The molecule has 0 aliphatic carbocycles. The molecule has 0 amide bonds. The zero-order valence-corrected chi connectivity index (χ0v) is 21.2. The lowest BCUT2D eigenvalue weighted by molar-refractivity contribution is -0.127. The van der Waals surface area contributed by atoms with Gasteiger partial charge in [0.1, 0.15) is 24.4 Å². The molecule has 0 heterocycles. The van der Waals surface area contributed by atoms with Crippen LogP contribution in [-0.2, 0) is 4.74 Å². The maximum absolute atomic E-state index is 9.82. The summed E-state index contributed by atoms with van der Waals surface area (Å²) in [6.45, 7) is 10.9. The zero-order chi connectivity index (χ0) is 24.5. The highest BCUT2D eigenvalue weighted by atomic mass is 16.5. The van der Waals surface area contributed by atoms with Crippen LogP contribution >= 0.6 is 0 Å². The molecule has 0 aliphatic heterocycles. The van der Waals surface area contributed by atoms with Gasteiger partial charge in [0.25, 0.3) is 0 Å². The van der Waals surface area contributed by atoms with Gasteiger partial charge in [0.2, 0.25) is 0 Å². The molecule has 0 radical (unpaired) electrons. The fraction of sp³-hybridized carbons (Fsp3) is 0.923. The molecule has 0 saturated heterocycles. The van der Waals surface area contributed by atoms with Gasteiger partial charge in [0.15, 0.2) is 0 Å². The summed E-state index contributed by atoms with van der Waals surface area (Å²) in [7, 11) is 0. The van der Waals surface area contributed by atoms with Crippen LogP contribution in [0.3, 0.4) is 0 Å². The number of allylic oxidation sites excluding steroid dienone is 1. The molecule has 0 aromatic carbocycles. The molecule has 0 spiro atoms. The van der Waals surface area contributed by atoms with Crippen molar-refractivity contribution in [3.8, 4) is 0 Å². The highest BCUT2D eigenvalue weighted by molar-refractivity contribution is 4.97. The van der Waals surface area contributed by atoms with E-state index in [1.54, 1.807) is 0 Å². The maximum Gasteiger partial charge on any atom is 0.111 e. The van der Waals surface area contributed by atoms with Crippen LogP contribution < -0.4 is 0 Å². The summed E-state index contributed by atoms with van der Waals surface area (Å²) >= 11 is 0. The Morgan fingerprint density at radius 1 is 0.750 bits per heavy atom. The molecule has 0 aromatic heterocycles. The van der Waals surface area contributed by atoms with E-state index in [1.807, 2.05) is 6.08 Å². The third-order valence-electron chi connectivity index (χ3n) is 6.30. The quantitative estimate of drug-likeness (QED) is 0.140. The second-order valence-corrected chi connectivity index (χ2v) is 10.2. The van der Waals surface area contributed by atoms with Gasteiger partial charge in [0, 0.05) is 0 Å². The third kappa shape index (κ3) is 16.2. The van der Waals surface area contributed by atoms with E-state index < -0.39 is 31.0 Å². The molecular formula is C26H52O6. The fourth-order valence-electron chi connectivity index (χ4n) is 3.86. The number of ether oxygens (including phenoxy) is 1. The van der Waals surface area contributed by atoms with Gasteiger partial charge in [-0.25, -0.2) is 0 Å². The third-order valence-corrected chi connectivity index (χ3v) is 6.30. The highest BCUT2D eigenvalue weighted by Crippen LogP contribution is 2.22. The van der Waals surface area contributed by atoms with Crippen LogP contribution in [0.2, 0.25) is 0 Å². The van der Waals surface area contributed by atoms with Gasteiger partial charge in [-0.15, -0.1) is 0 Å². The Balaban J connectivity index is 3.87. The van der Waals surface area contributed by atoms with Crippen molar-refractivity contribution < 1.29 is 30.3 Å². The van der Waals surface area contributed by atoms with E-state index in [0.29, 0.717) is 6.61 Å². The zero-order valence-electron chi connectivity index (χ0n) is 21.2. The minimum atomic E-state index is -1.62. The fourth-order valence-corrected chi connectivity index (χ4v) is 3.86. The Labute approximate surface area is 196 Å². The second kappa shape index (κ2) is 18.9. The Kier molecular flexibility index (Phi) is 18.6. The standard InChI is InChI=1S/C26H52O6/c1-19(2)9-6-10-20(3)11-7-12-21(4)13-8-14-22(5)15-16-32-18-24(29)26(31)25(30)23(28)17-27/h15,19-21,23-31H,6-14,16-18H2,1-5H3/t20?,21?,23-,24-,25-,26-/m1/s1. The van der Waals surface area contributed by atoms with Crippen LogP contribution in [0.5, 0.6) is 0 Å². The Bertz CT molecular complexity index is 467. The van der Waals surface area contributed by atoms with Crippen molar-refractivity contribution in [3.63, 3.8) is 0 Å². The van der Waals surface area contributed by atoms with Gasteiger partial charge in [-0.05, 0) is 37.5 Å². The maximum atomic E-state index is 9.82. The number of rotatable bonds is 20. The average molecular weight is 461 g/mol. The van der Waals surface area contributed by atoms with Gasteiger partial charge in [-0.2, -0.15) is 0 Å². The first kappa shape index (κ1) is 31.5. The minimum absolute atomic E-state index is 0.160. The summed E-state index contributed by atoms with van der Waals surface area (Å²) in [5, 5.41) is 47.2. The molecule has 0 rings (SSSR count). The lowest BCUT2D eigenvalue weighted by Gasteiger charge is -2.25. The average Bonchev–Trinajstić information content (AvgIpc) is 2.74. The largest absolute Gasteiger partial charge is 0.394 e. The van der Waals surface area contributed by atoms with Crippen molar-refractivity contribution in [2.75, 3.05) is 19.8 Å². The van der Waals surface area contributed by atoms with Crippen molar-refractivity contribution in [1.82, 2.24) is 0 Å². The van der Waals surface area contributed by atoms with Gasteiger partial charge in [-0.3, -0.25) is 0 Å². The summed E-state index contributed by atoms with van der Waals surface area (Å²) in [4.78, 5) is 0. The summed E-state index contributed by atoms with van der Waals surface area (Å²) in [5.41, 5.74) is 1.24. The SMILES string of the molecule is CC(=CCOC[C@@H](O)[C@@H](O)[C@H](O)[C@H](O)CO)CCCC(C)CCCC(C)CCCC(C)C. The first-order valence-electron chi connectivity index (χ1n) is 12.6. The van der Waals surface area contributed by atoms with E-state index in [-0.39, 0.29) is 6.61 Å². The molecule has 0 saturated carbocycles. The lowest BCUT2D eigenvalue weighted by atomic mass is 9.91. The summed E-state index contributed by atoms with van der Waals surface area (Å²) in [6, 6.07) is 0. The van der Waals surface area contributed by atoms with Crippen molar-refractivity contribution in [3.05, 3.63) is 11.6 Å². The van der Waals surface area contributed by atoms with E-state index in [9.17, 15) is 20.4 Å². The Morgan fingerprint density at radius 2 is 1.25 bits per heavy atom. The van der Waals surface area contributed by atoms with E-state index in [4.69, 9.17) is 9.84 Å². The van der Waals surface area contributed by atoms with Gasteiger partial charge < -0.3 is 30.3 Å². The van der Waals surface area contributed by atoms with Crippen LogP contribution in [0.15, 0.2) is 11.6 Å². The molecule has 0 bridgehead atoms. The Hall–Kier alpha value is -0.500. The summed E-state index contributed by atoms with van der Waals surface area (Å²) < 4.78 is 5.35. The van der Waals surface area contributed by atoms with Crippen LogP contribution in [0.1, 0.15) is 92.4 Å². The highest BCUT2D eigenvalue weighted by Gasteiger charge is 2.29. The van der Waals surface area contributed by atoms with Crippen LogP contribution in [0.25, 0.3) is 0 Å². The van der Waals surface area contributed by atoms with Gasteiger partial charge in [-0.1, -0.05) is 84.3 Å². The molecular weight excluding hydrogens is 408 g/mol. The summed E-state index contributed by atoms with van der Waals surface area (Å²) in [5.74, 6) is 2.41. The number of aliphatic hydroxyl groups excluding tert-OH is 5. The lowest BCUT2D eigenvalue weighted by Crippen LogP contribution is -2.47. The molecule has 0 fully saturated rings. The molecule has 6 atom stereocenters. The van der Waals surface area contributed by atoms with E-state index in [1.165, 1.54) is 50.5 Å². The first-order chi connectivity index (χ1) is 15.1. The van der Waals surface area contributed by atoms with E-state index in [2.05, 4.69) is 34.6 Å². The van der Waals surface area contributed by atoms with Crippen molar-refractivity contribution in [2.45, 2.75) is 117 Å². The van der Waals surface area contributed by atoms with E-state index >= 15 is 0 Å². The van der Waals surface area contributed by atoms with Gasteiger partial charge >= 0.3 is 0 Å². The smallest absolute Gasteiger partial charge is 0.111 e. The molecule has 0 aliphatic rings. The van der Waals surface area contributed by atoms with Crippen molar-refractivity contribution in [2.24, 2.45) is 17.8 Å². The van der Waals surface area contributed by atoms with Crippen LogP contribution in [0.4, 0.5) is 0 Å².